The zero-order valence-electron chi connectivity index (χ0n) is 26.4. The maximum atomic E-state index is 16.7. The second-order valence-corrected chi connectivity index (χ2v) is 12.6. The number of likely N-dealkylation sites (N-methyl/N-ethyl adjacent to an activating group) is 2. The molecule has 0 radical (unpaired) electrons. The van der Waals surface area contributed by atoms with E-state index in [1.165, 1.54) is 0 Å². The number of hydrogen-bond acceptors (Lipinski definition) is 8. The van der Waals surface area contributed by atoms with Gasteiger partial charge in [-0.05, 0) is 58.2 Å². The summed E-state index contributed by atoms with van der Waals surface area (Å²) in [5, 5.41) is 3.49. The minimum Gasteiger partial charge on any atom is -0.463 e. The molecule has 2 aromatic heterocycles. The summed E-state index contributed by atoms with van der Waals surface area (Å²) in [7, 11) is 3.63. The largest absolute Gasteiger partial charge is 0.463 e. The third-order valence-corrected chi connectivity index (χ3v) is 8.96. The number of anilines is 2. The number of nitrogens with one attached hydrogen (secondary N) is 1. The first-order chi connectivity index (χ1) is 21.3. The van der Waals surface area contributed by atoms with Crippen LogP contribution in [0.5, 0.6) is 6.01 Å². The van der Waals surface area contributed by atoms with Crippen molar-refractivity contribution in [1.29, 1.82) is 0 Å². The summed E-state index contributed by atoms with van der Waals surface area (Å²) >= 11 is 0. The fourth-order valence-corrected chi connectivity index (χ4v) is 6.09. The lowest BCUT2D eigenvalue weighted by molar-refractivity contribution is -0.137. The molecule has 0 bridgehead atoms. The quantitative estimate of drug-likeness (QED) is 0.166. The van der Waals surface area contributed by atoms with Gasteiger partial charge in [-0.1, -0.05) is 19.8 Å². The van der Waals surface area contributed by atoms with Gasteiger partial charge in [-0.25, -0.2) is 13.8 Å². The molecule has 1 aromatic carbocycles. The average molecular weight is 637 g/mol. The third-order valence-electron chi connectivity index (χ3n) is 8.96. The lowest BCUT2D eigenvalue weighted by Gasteiger charge is -2.28. The highest BCUT2D eigenvalue weighted by Gasteiger charge is 2.40. The van der Waals surface area contributed by atoms with Crippen LogP contribution >= 0.6 is 0 Å². The number of nitrogen functional groups attached to an aromatic ring is 1. The number of unbranched alkanes of at least 4 members (excludes halogenated alkanes) is 1. The van der Waals surface area contributed by atoms with Gasteiger partial charge in [0.05, 0.1) is 35.5 Å². The molecule has 0 amide bonds. The monoisotopic (exact) mass is 636 g/mol. The zero-order valence-corrected chi connectivity index (χ0v) is 26.4. The molecule has 3 heterocycles. The molecule has 3 aromatic rings. The molecular weight excluding hydrogens is 595 g/mol. The molecule has 2 aliphatic rings. The van der Waals surface area contributed by atoms with Gasteiger partial charge < -0.3 is 25.4 Å². The minimum atomic E-state index is -5.00. The molecule has 45 heavy (non-hydrogen) atoms. The SMILES string of the molecule is CCCCC1(COc2nc(N(C)CC(C)NC)c3c(C4CC4)nc(-c4cc(N)c(F)c(C)c4C(F)(F)F)c(F)c3n2)CCOC1. The number of nitrogens with two attached hydrogens (primary N) is 1. The first-order valence-corrected chi connectivity index (χ1v) is 15.5. The van der Waals surface area contributed by atoms with Crippen molar-refractivity contribution in [2.45, 2.75) is 77.4 Å². The number of ether oxygens (including phenoxy) is 2. The summed E-state index contributed by atoms with van der Waals surface area (Å²) in [6, 6.07) is 0.739. The molecule has 0 spiro atoms. The van der Waals surface area contributed by atoms with Gasteiger partial charge in [-0.15, -0.1) is 0 Å². The van der Waals surface area contributed by atoms with Crippen LogP contribution in [0.4, 0.5) is 33.5 Å². The Hall–Kier alpha value is -3.32. The van der Waals surface area contributed by atoms with Crippen LogP contribution in [0, 0.1) is 24.0 Å². The predicted molar refractivity (Wildman–Crippen MR) is 163 cm³/mol. The number of benzene rings is 1. The molecule has 5 rings (SSSR count). The number of aromatic nitrogens is 3. The molecule has 246 valence electrons. The average Bonchev–Trinajstić information content (AvgIpc) is 3.74. The van der Waals surface area contributed by atoms with E-state index in [2.05, 4.69) is 22.2 Å². The van der Waals surface area contributed by atoms with Crippen LogP contribution in [-0.2, 0) is 10.9 Å². The number of hydrogen-bond donors (Lipinski definition) is 2. The molecule has 1 aliphatic heterocycles. The highest BCUT2D eigenvalue weighted by molar-refractivity contribution is 5.95. The number of fused-ring (bicyclic) bond motifs is 1. The number of halogens is 5. The van der Waals surface area contributed by atoms with Crippen molar-refractivity contribution in [3.8, 4) is 17.3 Å². The molecule has 2 fully saturated rings. The van der Waals surface area contributed by atoms with Gasteiger partial charge in [0.15, 0.2) is 5.82 Å². The molecule has 1 saturated heterocycles. The van der Waals surface area contributed by atoms with E-state index < -0.39 is 45.9 Å². The van der Waals surface area contributed by atoms with Gasteiger partial charge in [0, 0.05) is 43.1 Å². The molecule has 3 N–H and O–H groups in total. The highest BCUT2D eigenvalue weighted by atomic mass is 19.4. The number of pyridine rings is 1. The Morgan fingerprint density at radius 3 is 2.53 bits per heavy atom. The molecule has 2 atom stereocenters. The van der Waals surface area contributed by atoms with Crippen LogP contribution in [0.2, 0.25) is 0 Å². The van der Waals surface area contributed by atoms with Crippen molar-refractivity contribution in [1.82, 2.24) is 20.3 Å². The van der Waals surface area contributed by atoms with E-state index in [1.807, 2.05) is 18.9 Å². The van der Waals surface area contributed by atoms with Crippen molar-refractivity contribution < 1.29 is 31.4 Å². The maximum Gasteiger partial charge on any atom is 0.417 e. The number of alkyl halides is 3. The number of nitrogens with zero attached hydrogens (tertiary/aromatic N) is 4. The maximum absolute atomic E-state index is 16.7. The summed E-state index contributed by atoms with van der Waals surface area (Å²) in [5.41, 5.74) is 1.91. The van der Waals surface area contributed by atoms with E-state index in [0.29, 0.717) is 36.7 Å². The Bertz CT molecular complexity index is 1560. The summed E-state index contributed by atoms with van der Waals surface area (Å²) in [6.45, 7) is 6.92. The van der Waals surface area contributed by atoms with Crippen LogP contribution < -0.4 is 20.7 Å². The summed E-state index contributed by atoms with van der Waals surface area (Å²) in [6.07, 6.45) is 0.108. The predicted octanol–water partition coefficient (Wildman–Crippen LogP) is 6.78. The summed E-state index contributed by atoms with van der Waals surface area (Å²) < 4.78 is 86.3. The van der Waals surface area contributed by atoms with Gasteiger partial charge in [0.25, 0.3) is 0 Å². The zero-order chi connectivity index (χ0) is 32.7. The van der Waals surface area contributed by atoms with Gasteiger partial charge in [-0.3, -0.25) is 0 Å². The Morgan fingerprint density at radius 1 is 1.20 bits per heavy atom. The van der Waals surface area contributed by atoms with Gasteiger partial charge in [0.2, 0.25) is 0 Å². The second-order valence-electron chi connectivity index (χ2n) is 12.6. The van der Waals surface area contributed by atoms with E-state index in [4.69, 9.17) is 20.2 Å². The topological polar surface area (TPSA) is 98.4 Å². The van der Waals surface area contributed by atoms with Crippen molar-refractivity contribution in [2.75, 3.05) is 51.1 Å². The van der Waals surface area contributed by atoms with Crippen LogP contribution in [0.25, 0.3) is 22.2 Å². The van der Waals surface area contributed by atoms with E-state index >= 15 is 4.39 Å². The third kappa shape index (κ3) is 6.65. The Kier molecular flexibility index (Phi) is 9.42. The highest BCUT2D eigenvalue weighted by Crippen LogP contribution is 2.48. The van der Waals surface area contributed by atoms with Crippen molar-refractivity contribution in [2.24, 2.45) is 5.41 Å². The lowest BCUT2D eigenvalue weighted by Crippen LogP contribution is -2.36. The van der Waals surface area contributed by atoms with Crippen molar-refractivity contribution in [3.05, 3.63) is 34.5 Å². The van der Waals surface area contributed by atoms with Gasteiger partial charge >= 0.3 is 12.2 Å². The fourth-order valence-electron chi connectivity index (χ4n) is 6.09. The van der Waals surface area contributed by atoms with Gasteiger partial charge in [-0.2, -0.15) is 23.1 Å². The molecular formula is C32H41F5N6O2. The van der Waals surface area contributed by atoms with Gasteiger partial charge in [0.1, 0.15) is 22.8 Å². The first kappa shape index (κ1) is 33.1. The number of rotatable bonds is 12. The fraction of sp³-hybridized carbons (Fsp3) is 0.594. The molecule has 1 saturated carbocycles. The van der Waals surface area contributed by atoms with Crippen LogP contribution in [0.1, 0.15) is 75.1 Å². The first-order valence-electron chi connectivity index (χ1n) is 15.5. The van der Waals surface area contributed by atoms with Crippen LogP contribution in [-0.4, -0.2) is 61.5 Å². The Balaban J connectivity index is 1.73. The Morgan fingerprint density at radius 2 is 1.93 bits per heavy atom. The molecule has 2 unspecified atom stereocenters. The van der Waals surface area contributed by atoms with Crippen molar-refractivity contribution in [3.63, 3.8) is 0 Å². The van der Waals surface area contributed by atoms with Crippen molar-refractivity contribution >= 4 is 22.4 Å². The molecule has 1 aliphatic carbocycles. The lowest BCUT2D eigenvalue weighted by atomic mass is 9.83. The second kappa shape index (κ2) is 12.8. The molecule has 8 nitrogen and oxygen atoms in total. The van der Waals surface area contributed by atoms with E-state index in [-0.39, 0.29) is 35.5 Å². The summed E-state index contributed by atoms with van der Waals surface area (Å²) in [5.74, 6) is -2.05. The smallest absolute Gasteiger partial charge is 0.417 e. The van der Waals surface area contributed by atoms with Crippen LogP contribution in [0.15, 0.2) is 6.07 Å². The standard InChI is InChI=1S/C32H41F5N6O2/c1-6-7-10-31(11-12-44-15-31)16-45-30-41-28-22(29(42-30)43(5)14-17(2)39-4)26(19-8-9-19)40-27(25(28)34)20-13-21(38)24(33)18(3)23(20)32(35,36)37/h13,17,19,39H,6-12,14-16,38H2,1-5H3. The summed E-state index contributed by atoms with van der Waals surface area (Å²) in [4.78, 5) is 15.6. The van der Waals surface area contributed by atoms with E-state index in [1.54, 1.807) is 7.05 Å². The molecule has 13 heteroatoms. The minimum absolute atomic E-state index is 0.0262. The normalized spacial score (nSPS) is 19.3. The van der Waals surface area contributed by atoms with E-state index in [0.717, 1.165) is 51.5 Å². The Labute approximate surface area is 259 Å². The van der Waals surface area contributed by atoms with Crippen LogP contribution in [0.3, 0.4) is 0 Å². The van der Waals surface area contributed by atoms with E-state index in [9.17, 15) is 17.6 Å².